The zero-order valence-electron chi connectivity index (χ0n) is 12.9. The molecule has 5 aliphatic carbocycles. The van der Waals surface area contributed by atoms with Gasteiger partial charge in [-0.1, -0.05) is 46.3 Å². The fourth-order valence-corrected chi connectivity index (χ4v) is 8.18. The first kappa shape index (κ1) is 13.1. The van der Waals surface area contributed by atoms with Crippen LogP contribution in [0.3, 0.4) is 0 Å². The lowest BCUT2D eigenvalue weighted by molar-refractivity contribution is -0.0850. The number of ether oxygens (including phenoxy) is 1. The highest BCUT2D eigenvalue weighted by molar-refractivity contribution is 9.09. The smallest absolute Gasteiger partial charge is 0.0619 e. The Bertz CT molecular complexity index is 587. The maximum atomic E-state index is 6.44. The van der Waals surface area contributed by atoms with Gasteiger partial charge in [0.25, 0.3) is 0 Å². The third-order valence-electron chi connectivity index (χ3n) is 6.70. The summed E-state index contributed by atoms with van der Waals surface area (Å²) in [7, 11) is 0. The molecule has 21 heavy (non-hydrogen) atoms. The summed E-state index contributed by atoms with van der Waals surface area (Å²) < 4.78 is 6.44. The number of alkyl halides is 1. The quantitative estimate of drug-likeness (QED) is 0.721. The molecule has 6 rings (SSSR count). The minimum atomic E-state index is -0.00829. The molecule has 5 fully saturated rings. The van der Waals surface area contributed by atoms with E-state index in [-0.39, 0.29) is 5.60 Å². The van der Waals surface area contributed by atoms with Crippen molar-refractivity contribution in [2.75, 3.05) is 0 Å². The van der Waals surface area contributed by atoms with Gasteiger partial charge in [0, 0.05) is 10.2 Å². The van der Waals surface area contributed by atoms with Gasteiger partial charge in [0.05, 0.1) is 11.7 Å². The van der Waals surface area contributed by atoms with Crippen molar-refractivity contribution in [3.8, 4) is 0 Å². The monoisotopic (exact) mass is 346 g/mol. The summed E-state index contributed by atoms with van der Waals surface area (Å²) in [5.74, 6) is 4.35. The summed E-state index contributed by atoms with van der Waals surface area (Å²) in [6, 6.07) is 11.3. The number of rotatable bonds is 2. The van der Waals surface area contributed by atoms with Crippen molar-refractivity contribution in [1.29, 1.82) is 0 Å². The lowest BCUT2D eigenvalue weighted by Gasteiger charge is -2.30. The van der Waals surface area contributed by atoms with Crippen LogP contribution < -0.4 is 0 Å². The molecular formula is C19H23BrO. The Hall–Kier alpha value is -0.340. The molecule has 1 nitrogen and oxygen atoms in total. The molecule has 0 N–H and O–H groups in total. The topological polar surface area (TPSA) is 9.23 Å². The maximum absolute atomic E-state index is 6.44. The predicted octanol–water partition coefficient (Wildman–Crippen LogP) is 4.40. The van der Waals surface area contributed by atoms with Crippen LogP contribution in [0.1, 0.15) is 32.8 Å². The summed E-state index contributed by atoms with van der Waals surface area (Å²) in [5, 5.41) is 0. The molecule has 2 heteroatoms. The maximum Gasteiger partial charge on any atom is 0.0619 e. The highest BCUT2D eigenvalue weighted by Crippen LogP contribution is 2.88. The van der Waals surface area contributed by atoms with Crippen molar-refractivity contribution >= 4 is 15.9 Å². The largest absolute Gasteiger partial charge is 0.372 e. The fourth-order valence-electron chi connectivity index (χ4n) is 6.56. The van der Waals surface area contributed by atoms with Gasteiger partial charge in [-0.3, -0.25) is 0 Å². The van der Waals surface area contributed by atoms with E-state index < -0.39 is 0 Å². The van der Waals surface area contributed by atoms with Gasteiger partial charge in [0.15, 0.2) is 0 Å². The van der Waals surface area contributed by atoms with E-state index >= 15 is 0 Å². The second kappa shape index (κ2) is 3.76. The van der Waals surface area contributed by atoms with E-state index in [9.17, 15) is 0 Å². The second-order valence-corrected chi connectivity index (χ2v) is 9.56. The normalized spacial score (nSPS) is 52.5. The molecular weight excluding hydrogens is 324 g/mol. The Morgan fingerprint density at radius 3 is 2.43 bits per heavy atom. The van der Waals surface area contributed by atoms with Crippen LogP contribution in [-0.2, 0) is 10.2 Å². The highest BCUT2D eigenvalue weighted by atomic mass is 79.9. The first-order chi connectivity index (χ1) is 9.96. The molecule has 6 bridgehead atoms. The first-order valence-corrected chi connectivity index (χ1v) is 9.25. The molecule has 0 radical (unpaired) electrons. The van der Waals surface area contributed by atoms with E-state index in [0.29, 0.717) is 16.3 Å². The van der Waals surface area contributed by atoms with E-state index in [4.69, 9.17) is 4.74 Å². The van der Waals surface area contributed by atoms with E-state index in [1.807, 2.05) is 0 Å². The number of benzene rings is 1. The first-order valence-electron chi connectivity index (χ1n) is 8.33. The predicted molar refractivity (Wildman–Crippen MR) is 87.5 cm³/mol. The number of hydrogen-bond acceptors (Lipinski definition) is 1. The molecule has 1 aromatic rings. The van der Waals surface area contributed by atoms with Crippen molar-refractivity contribution < 1.29 is 4.74 Å². The van der Waals surface area contributed by atoms with E-state index in [1.165, 1.54) is 6.42 Å². The molecule has 5 aliphatic rings. The molecule has 0 heterocycles. The fraction of sp³-hybridized carbons (Fsp3) is 0.684. The standard InChI is InChI=1S/C19H23BrO/c1-18(2,3)21-12-9-11-13-14(12)16-15(11)19(16,17(13)20)10-7-5-4-6-8-10/h4-8,11-17H,9H2,1-3H3/t11?,12-,13?,14?,15?,16?,17?,19?/m0/s1. The van der Waals surface area contributed by atoms with E-state index in [1.54, 1.807) is 5.56 Å². The van der Waals surface area contributed by atoms with E-state index in [0.717, 1.165) is 29.6 Å². The van der Waals surface area contributed by atoms with Crippen LogP contribution in [0.2, 0.25) is 0 Å². The second-order valence-electron chi connectivity index (χ2n) is 8.58. The van der Waals surface area contributed by atoms with Crippen LogP contribution in [-0.4, -0.2) is 16.5 Å². The number of hydrogen-bond donors (Lipinski definition) is 0. The molecule has 5 saturated carbocycles. The van der Waals surface area contributed by atoms with Crippen molar-refractivity contribution in [3.63, 3.8) is 0 Å². The summed E-state index contributed by atoms with van der Waals surface area (Å²) in [4.78, 5) is 0.672. The summed E-state index contributed by atoms with van der Waals surface area (Å²) in [6.45, 7) is 6.60. The molecule has 8 atom stereocenters. The Morgan fingerprint density at radius 2 is 1.81 bits per heavy atom. The van der Waals surface area contributed by atoms with Gasteiger partial charge >= 0.3 is 0 Å². The molecule has 0 aromatic heterocycles. The lowest BCUT2D eigenvalue weighted by atomic mass is 9.93. The van der Waals surface area contributed by atoms with Gasteiger partial charge in [-0.2, -0.15) is 0 Å². The SMILES string of the molecule is CC(C)(C)O[C@H]1CC2C3C1C1C2C1(c1ccccc1)C3Br. The van der Waals surface area contributed by atoms with Gasteiger partial charge in [-0.15, -0.1) is 0 Å². The Labute approximate surface area is 135 Å². The van der Waals surface area contributed by atoms with Crippen molar-refractivity contribution in [1.82, 2.24) is 0 Å². The third kappa shape index (κ3) is 1.38. The average Bonchev–Trinajstić information content (AvgIpc) is 2.64. The minimum Gasteiger partial charge on any atom is -0.372 e. The van der Waals surface area contributed by atoms with Gasteiger partial charge in [0.1, 0.15) is 0 Å². The average molecular weight is 347 g/mol. The van der Waals surface area contributed by atoms with Gasteiger partial charge in [-0.05, 0) is 62.3 Å². The van der Waals surface area contributed by atoms with Gasteiger partial charge < -0.3 is 4.74 Å². The van der Waals surface area contributed by atoms with Crippen LogP contribution in [0.15, 0.2) is 30.3 Å². The molecule has 0 saturated heterocycles. The van der Waals surface area contributed by atoms with Gasteiger partial charge in [0.2, 0.25) is 0 Å². The molecule has 7 unspecified atom stereocenters. The summed E-state index contributed by atoms with van der Waals surface area (Å²) in [6.07, 6.45) is 1.79. The molecule has 1 aromatic carbocycles. The van der Waals surface area contributed by atoms with Crippen LogP contribution >= 0.6 is 15.9 Å². The Morgan fingerprint density at radius 1 is 1.10 bits per heavy atom. The van der Waals surface area contributed by atoms with Crippen LogP contribution in [0, 0.1) is 29.6 Å². The molecule has 0 amide bonds. The zero-order chi connectivity index (χ0) is 14.6. The van der Waals surface area contributed by atoms with Crippen molar-refractivity contribution in [3.05, 3.63) is 35.9 Å². The van der Waals surface area contributed by atoms with Gasteiger partial charge in [-0.25, -0.2) is 0 Å². The lowest BCUT2D eigenvalue weighted by Crippen LogP contribution is -2.32. The highest BCUT2D eigenvalue weighted by Gasteiger charge is 2.89. The van der Waals surface area contributed by atoms with Crippen molar-refractivity contribution in [2.45, 2.75) is 49.1 Å². The third-order valence-corrected chi connectivity index (χ3v) is 8.07. The number of halogens is 1. The Balaban J connectivity index is 1.52. The van der Waals surface area contributed by atoms with E-state index in [2.05, 4.69) is 67.0 Å². The van der Waals surface area contributed by atoms with Crippen molar-refractivity contribution in [2.24, 2.45) is 29.6 Å². The molecule has 0 spiro atoms. The van der Waals surface area contributed by atoms with Crippen LogP contribution in [0.4, 0.5) is 0 Å². The van der Waals surface area contributed by atoms with Crippen LogP contribution in [0.5, 0.6) is 0 Å². The summed E-state index contributed by atoms with van der Waals surface area (Å²) in [5.41, 5.74) is 2.01. The molecule has 112 valence electrons. The summed E-state index contributed by atoms with van der Waals surface area (Å²) >= 11 is 4.12. The minimum absolute atomic E-state index is 0.00829. The zero-order valence-corrected chi connectivity index (χ0v) is 14.5. The molecule has 0 aliphatic heterocycles. The Kier molecular flexibility index (Phi) is 2.35. The van der Waals surface area contributed by atoms with Crippen LogP contribution in [0.25, 0.3) is 0 Å².